The fourth-order valence-corrected chi connectivity index (χ4v) is 3.08. The second-order valence-corrected chi connectivity index (χ2v) is 6.37. The van der Waals surface area contributed by atoms with E-state index in [-0.39, 0.29) is 24.7 Å². The predicted octanol–water partition coefficient (Wildman–Crippen LogP) is 3.36. The summed E-state index contributed by atoms with van der Waals surface area (Å²) in [5.74, 6) is -1.55. The number of para-hydroxylation sites is 2. The van der Waals surface area contributed by atoms with Crippen LogP contribution in [0.15, 0.2) is 41.8 Å². The van der Waals surface area contributed by atoms with E-state index in [0.29, 0.717) is 4.88 Å². The number of ether oxygens (including phenoxy) is 1. The van der Waals surface area contributed by atoms with Gasteiger partial charge in [0.1, 0.15) is 0 Å². The molecule has 25 heavy (non-hydrogen) atoms. The molecule has 2 amide bonds. The highest BCUT2D eigenvalue weighted by Crippen LogP contribution is 2.31. The number of rotatable bonds is 4. The SMILES string of the molecule is O=C(Nc1ccccc1OC(F)(F)F)C1CN(C(=O)c2cccs2)C1. The fourth-order valence-electron chi connectivity index (χ4n) is 2.38. The van der Waals surface area contributed by atoms with Crippen molar-refractivity contribution >= 4 is 28.8 Å². The van der Waals surface area contributed by atoms with Gasteiger partial charge in [-0.2, -0.15) is 0 Å². The number of halogens is 3. The Kier molecular flexibility index (Phi) is 4.67. The van der Waals surface area contributed by atoms with Crippen LogP contribution in [0.2, 0.25) is 0 Å². The first-order valence-corrected chi connectivity index (χ1v) is 8.20. The van der Waals surface area contributed by atoms with Crippen molar-refractivity contribution in [3.05, 3.63) is 46.7 Å². The Bertz CT molecular complexity index is 771. The number of likely N-dealkylation sites (tertiary alicyclic amines) is 1. The summed E-state index contributed by atoms with van der Waals surface area (Å²) >= 11 is 1.31. The second kappa shape index (κ2) is 6.75. The Morgan fingerprint density at radius 3 is 2.52 bits per heavy atom. The minimum Gasteiger partial charge on any atom is -0.404 e. The minimum atomic E-state index is -4.85. The monoisotopic (exact) mass is 370 g/mol. The van der Waals surface area contributed by atoms with E-state index in [1.807, 2.05) is 0 Å². The number of amides is 2. The molecule has 1 aliphatic rings. The van der Waals surface area contributed by atoms with Crippen LogP contribution in [0.3, 0.4) is 0 Å². The number of benzene rings is 1. The van der Waals surface area contributed by atoms with Gasteiger partial charge in [-0.3, -0.25) is 9.59 Å². The lowest BCUT2D eigenvalue weighted by Crippen LogP contribution is -2.54. The smallest absolute Gasteiger partial charge is 0.404 e. The maximum atomic E-state index is 12.4. The van der Waals surface area contributed by atoms with Gasteiger partial charge in [0.05, 0.1) is 16.5 Å². The van der Waals surface area contributed by atoms with Crippen molar-refractivity contribution in [2.75, 3.05) is 18.4 Å². The van der Waals surface area contributed by atoms with E-state index in [9.17, 15) is 22.8 Å². The van der Waals surface area contributed by atoms with Crippen molar-refractivity contribution < 1.29 is 27.5 Å². The quantitative estimate of drug-likeness (QED) is 0.898. The molecule has 2 aromatic rings. The molecule has 0 aliphatic carbocycles. The van der Waals surface area contributed by atoms with Crippen LogP contribution in [0.25, 0.3) is 0 Å². The normalized spacial score (nSPS) is 14.8. The Balaban J connectivity index is 1.59. The summed E-state index contributed by atoms with van der Waals surface area (Å²) in [5, 5.41) is 4.22. The Hall–Kier alpha value is -2.55. The van der Waals surface area contributed by atoms with Gasteiger partial charge >= 0.3 is 6.36 Å². The zero-order valence-electron chi connectivity index (χ0n) is 12.7. The van der Waals surface area contributed by atoms with Gasteiger partial charge in [0, 0.05) is 13.1 Å². The van der Waals surface area contributed by atoms with Crippen LogP contribution in [-0.2, 0) is 4.79 Å². The molecule has 0 unspecified atom stereocenters. The van der Waals surface area contributed by atoms with Gasteiger partial charge in [-0.25, -0.2) is 0 Å². The summed E-state index contributed by atoms with van der Waals surface area (Å²) in [7, 11) is 0. The first-order chi connectivity index (χ1) is 11.8. The molecule has 1 aliphatic heterocycles. The summed E-state index contributed by atoms with van der Waals surface area (Å²) in [6.07, 6.45) is -4.85. The number of carbonyl (C=O) groups excluding carboxylic acids is 2. The molecule has 1 saturated heterocycles. The van der Waals surface area contributed by atoms with E-state index in [1.165, 1.54) is 34.4 Å². The van der Waals surface area contributed by atoms with Gasteiger partial charge in [0.2, 0.25) is 5.91 Å². The summed E-state index contributed by atoms with van der Waals surface area (Å²) in [4.78, 5) is 26.4. The molecular formula is C16H13F3N2O3S. The van der Waals surface area contributed by atoms with E-state index in [2.05, 4.69) is 10.1 Å². The standard InChI is InChI=1S/C16H13F3N2O3S/c17-16(18,19)24-12-5-2-1-4-11(12)20-14(22)10-8-21(9-10)15(23)13-6-3-7-25-13/h1-7,10H,8-9H2,(H,20,22). The van der Waals surface area contributed by atoms with E-state index < -0.39 is 23.9 Å². The molecule has 9 heteroatoms. The number of anilines is 1. The van der Waals surface area contributed by atoms with E-state index in [1.54, 1.807) is 17.5 Å². The lowest BCUT2D eigenvalue weighted by molar-refractivity contribution is -0.274. The minimum absolute atomic E-state index is 0.0622. The largest absolute Gasteiger partial charge is 0.573 e. The highest BCUT2D eigenvalue weighted by molar-refractivity contribution is 7.12. The van der Waals surface area contributed by atoms with Gasteiger partial charge in [0.15, 0.2) is 5.75 Å². The first-order valence-electron chi connectivity index (χ1n) is 7.32. The van der Waals surface area contributed by atoms with Crippen molar-refractivity contribution in [1.82, 2.24) is 4.90 Å². The van der Waals surface area contributed by atoms with Gasteiger partial charge in [-0.15, -0.1) is 24.5 Å². The van der Waals surface area contributed by atoms with Crippen molar-refractivity contribution in [2.24, 2.45) is 5.92 Å². The van der Waals surface area contributed by atoms with Gasteiger partial charge in [0.25, 0.3) is 5.91 Å². The van der Waals surface area contributed by atoms with E-state index in [4.69, 9.17) is 0 Å². The van der Waals surface area contributed by atoms with Crippen molar-refractivity contribution in [1.29, 1.82) is 0 Å². The van der Waals surface area contributed by atoms with Crippen LogP contribution in [0.4, 0.5) is 18.9 Å². The molecular weight excluding hydrogens is 357 g/mol. The third-order valence-electron chi connectivity index (χ3n) is 3.64. The van der Waals surface area contributed by atoms with Crippen LogP contribution in [0, 0.1) is 5.92 Å². The number of hydrogen-bond donors (Lipinski definition) is 1. The van der Waals surface area contributed by atoms with Crippen molar-refractivity contribution in [3.63, 3.8) is 0 Å². The molecule has 2 heterocycles. The topological polar surface area (TPSA) is 58.6 Å². The average Bonchev–Trinajstić information content (AvgIpc) is 3.00. The molecule has 5 nitrogen and oxygen atoms in total. The summed E-state index contributed by atoms with van der Waals surface area (Å²) in [6.45, 7) is 0.454. The van der Waals surface area contributed by atoms with Gasteiger partial charge in [-0.05, 0) is 23.6 Å². The van der Waals surface area contributed by atoms with Gasteiger partial charge in [-0.1, -0.05) is 18.2 Å². The molecule has 3 rings (SSSR count). The summed E-state index contributed by atoms with van der Waals surface area (Å²) < 4.78 is 41.1. The van der Waals surface area contributed by atoms with Gasteiger partial charge < -0.3 is 15.0 Å². The lowest BCUT2D eigenvalue weighted by Gasteiger charge is -2.38. The van der Waals surface area contributed by atoms with Crippen LogP contribution in [-0.4, -0.2) is 36.2 Å². The molecule has 0 bridgehead atoms. The van der Waals surface area contributed by atoms with Crippen LogP contribution in [0.1, 0.15) is 9.67 Å². The fraction of sp³-hybridized carbons (Fsp3) is 0.250. The number of hydrogen-bond acceptors (Lipinski definition) is 4. The third kappa shape index (κ3) is 4.11. The first kappa shape index (κ1) is 17.3. The van der Waals surface area contributed by atoms with Crippen molar-refractivity contribution in [2.45, 2.75) is 6.36 Å². The number of nitrogens with one attached hydrogen (secondary N) is 1. The number of carbonyl (C=O) groups is 2. The summed E-state index contributed by atoms with van der Waals surface area (Å²) in [6, 6.07) is 8.78. The lowest BCUT2D eigenvalue weighted by atomic mass is 9.98. The van der Waals surface area contributed by atoms with Crippen molar-refractivity contribution in [3.8, 4) is 5.75 Å². The number of thiophene rings is 1. The second-order valence-electron chi connectivity index (χ2n) is 5.42. The van der Waals surface area contributed by atoms with E-state index in [0.717, 1.165) is 6.07 Å². The molecule has 0 spiro atoms. The number of alkyl halides is 3. The molecule has 132 valence electrons. The summed E-state index contributed by atoms with van der Waals surface area (Å²) in [5.41, 5.74) is -0.0622. The molecule has 0 radical (unpaired) electrons. The maximum absolute atomic E-state index is 12.4. The Labute approximate surface area is 145 Å². The molecule has 0 saturated carbocycles. The van der Waals surface area contributed by atoms with Crippen LogP contribution in [0.5, 0.6) is 5.75 Å². The molecule has 1 N–H and O–H groups in total. The molecule has 1 aromatic heterocycles. The van der Waals surface area contributed by atoms with Crippen LogP contribution >= 0.6 is 11.3 Å². The van der Waals surface area contributed by atoms with Crippen LogP contribution < -0.4 is 10.1 Å². The zero-order chi connectivity index (χ0) is 18.0. The average molecular weight is 370 g/mol. The Morgan fingerprint density at radius 2 is 1.88 bits per heavy atom. The molecule has 1 fully saturated rings. The Morgan fingerprint density at radius 1 is 1.16 bits per heavy atom. The molecule has 1 aromatic carbocycles. The maximum Gasteiger partial charge on any atom is 0.573 e. The van der Waals surface area contributed by atoms with E-state index >= 15 is 0 Å². The number of nitrogens with zero attached hydrogens (tertiary/aromatic N) is 1. The zero-order valence-corrected chi connectivity index (χ0v) is 13.6. The highest BCUT2D eigenvalue weighted by Gasteiger charge is 2.37. The highest BCUT2D eigenvalue weighted by atomic mass is 32.1. The molecule has 0 atom stereocenters. The third-order valence-corrected chi connectivity index (χ3v) is 4.50. The predicted molar refractivity (Wildman–Crippen MR) is 85.5 cm³/mol.